The van der Waals surface area contributed by atoms with Crippen LogP contribution < -0.4 is 9.47 Å². The number of nitrogens with zero attached hydrogens (tertiary/aromatic N) is 3. The molecule has 2 amide bonds. The molecule has 2 aliphatic heterocycles. The highest BCUT2D eigenvalue weighted by atomic mass is 35.5. The van der Waals surface area contributed by atoms with Gasteiger partial charge in [-0.1, -0.05) is 23.7 Å². The van der Waals surface area contributed by atoms with E-state index in [0.29, 0.717) is 22.9 Å². The number of amides is 2. The minimum atomic E-state index is -3.03. The summed E-state index contributed by atoms with van der Waals surface area (Å²) in [6.07, 6.45) is 0.737. The lowest BCUT2D eigenvalue weighted by atomic mass is 10.0. The monoisotopic (exact) mass is 463 g/mol. The molecule has 7 nitrogen and oxygen atoms in total. The van der Waals surface area contributed by atoms with E-state index in [1.807, 2.05) is 0 Å². The van der Waals surface area contributed by atoms with Crippen LogP contribution in [0.1, 0.15) is 28.8 Å². The van der Waals surface area contributed by atoms with Gasteiger partial charge in [-0.2, -0.15) is 13.9 Å². The Balaban J connectivity index is 1.49. The molecule has 2 heterocycles. The van der Waals surface area contributed by atoms with Gasteiger partial charge in [0.25, 0.3) is 5.91 Å². The zero-order valence-electron chi connectivity index (χ0n) is 17.1. The normalized spacial score (nSPS) is 16.7. The Morgan fingerprint density at radius 1 is 1.16 bits per heavy atom. The molecule has 2 aromatic rings. The van der Waals surface area contributed by atoms with E-state index in [4.69, 9.17) is 16.3 Å². The molecule has 0 aliphatic carbocycles. The van der Waals surface area contributed by atoms with Crippen LogP contribution in [0, 0.1) is 0 Å². The molecule has 1 saturated heterocycles. The van der Waals surface area contributed by atoms with E-state index < -0.39 is 12.5 Å². The second kappa shape index (κ2) is 9.12. The van der Waals surface area contributed by atoms with Crippen molar-refractivity contribution < 1.29 is 27.8 Å². The smallest absolute Gasteiger partial charge is 0.387 e. The fourth-order valence-corrected chi connectivity index (χ4v) is 3.90. The molecule has 168 valence electrons. The van der Waals surface area contributed by atoms with E-state index in [0.717, 1.165) is 5.56 Å². The zero-order chi connectivity index (χ0) is 22.8. The van der Waals surface area contributed by atoms with E-state index in [1.165, 1.54) is 35.2 Å². The highest BCUT2D eigenvalue weighted by molar-refractivity contribution is 6.31. The van der Waals surface area contributed by atoms with Crippen molar-refractivity contribution in [3.63, 3.8) is 0 Å². The number of hydrogen-bond donors (Lipinski definition) is 0. The summed E-state index contributed by atoms with van der Waals surface area (Å²) in [6.45, 7) is -2.55. The lowest BCUT2D eigenvalue weighted by molar-refractivity contribution is -0.137. The first-order chi connectivity index (χ1) is 15.4. The number of hydrogen-bond acceptors (Lipinski definition) is 5. The molecule has 0 saturated carbocycles. The quantitative estimate of drug-likeness (QED) is 0.653. The van der Waals surface area contributed by atoms with E-state index in [9.17, 15) is 18.4 Å². The van der Waals surface area contributed by atoms with Crippen LogP contribution in [0.2, 0.25) is 5.02 Å². The fraction of sp³-hybridized carbons (Fsp3) is 0.318. The summed E-state index contributed by atoms with van der Waals surface area (Å²) in [5.74, 6) is -0.197. The standard InChI is InChI=1S/C22H20ClF2N3O4/c1-31-19-10-13(23)6-7-15(19)17-8-9-20(29)28(26-17)14-11-27(12-14)21(30)16-4-2-3-5-18(16)32-22(24)25/h2-7,10,14,22H,8-9,11-12H2,1H3. The number of likely N-dealkylation sites (tertiary alicyclic amines) is 1. The van der Waals surface area contributed by atoms with Gasteiger partial charge in [-0.3, -0.25) is 9.59 Å². The third kappa shape index (κ3) is 4.38. The van der Waals surface area contributed by atoms with Crippen LogP contribution in [0.5, 0.6) is 11.5 Å². The molecule has 0 radical (unpaired) electrons. The Kier molecular flexibility index (Phi) is 6.27. The Morgan fingerprint density at radius 3 is 2.62 bits per heavy atom. The molecule has 1 fully saturated rings. The topological polar surface area (TPSA) is 71.4 Å². The van der Waals surface area contributed by atoms with Crippen molar-refractivity contribution in [1.82, 2.24) is 9.91 Å². The average Bonchev–Trinajstić information content (AvgIpc) is 2.74. The van der Waals surface area contributed by atoms with E-state index >= 15 is 0 Å². The highest BCUT2D eigenvalue weighted by Crippen LogP contribution is 2.30. The average molecular weight is 464 g/mol. The SMILES string of the molecule is COc1cc(Cl)ccc1C1=NN(C2CN(C(=O)c3ccccc3OC(F)F)C2)C(=O)CC1. The summed E-state index contributed by atoms with van der Waals surface area (Å²) < 4.78 is 35.1. The van der Waals surface area contributed by atoms with Crippen LogP contribution in [0.3, 0.4) is 0 Å². The predicted molar refractivity (Wildman–Crippen MR) is 113 cm³/mol. The maximum atomic E-state index is 12.8. The maximum absolute atomic E-state index is 12.8. The molecule has 2 aliphatic rings. The molecule has 32 heavy (non-hydrogen) atoms. The highest BCUT2D eigenvalue weighted by Gasteiger charge is 2.40. The Labute approximate surface area is 188 Å². The molecule has 0 unspecified atom stereocenters. The third-order valence-electron chi connectivity index (χ3n) is 5.36. The van der Waals surface area contributed by atoms with Crippen molar-refractivity contribution in [2.24, 2.45) is 5.10 Å². The number of para-hydroxylation sites is 1. The third-order valence-corrected chi connectivity index (χ3v) is 5.60. The molecule has 4 rings (SSSR count). The number of halogens is 3. The minimum absolute atomic E-state index is 0.0475. The van der Waals surface area contributed by atoms with Crippen LogP contribution >= 0.6 is 11.6 Å². The van der Waals surface area contributed by atoms with Crippen molar-refractivity contribution in [3.05, 3.63) is 58.6 Å². The molecule has 10 heteroatoms. The summed E-state index contributed by atoms with van der Waals surface area (Å²) in [7, 11) is 1.53. The first-order valence-electron chi connectivity index (χ1n) is 9.94. The van der Waals surface area contributed by atoms with Crippen LogP contribution in [0.15, 0.2) is 47.6 Å². The van der Waals surface area contributed by atoms with E-state index in [2.05, 4.69) is 9.84 Å². The molecule has 0 N–H and O–H groups in total. The lowest BCUT2D eigenvalue weighted by Crippen LogP contribution is -2.61. The first-order valence-corrected chi connectivity index (χ1v) is 10.3. The maximum Gasteiger partial charge on any atom is 0.387 e. The van der Waals surface area contributed by atoms with Crippen molar-refractivity contribution in [1.29, 1.82) is 0 Å². The number of carbonyl (C=O) groups excluding carboxylic acids is 2. The Morgan fingerprint density at radius 2 is 1.91 bits per heavy atom. The number of rotatable bonds is 6. The molecule has 0 aromatic heterocycles. The lowest BCUT2D eigenvalue weighted by Gasteiger charge is -2.44. The molecule has 0 atom stereocenters. The van der Waals surface area contributed by atoms with E-state index in [1.54, 1.807) is 24.3 Å². The number of alkyl halides is 2. The van der Waals surface area contributed by atoms with Gasteiger partial charge < -0.3 is 14.4 Å². The summed E-state index contributed by atoms with van der Waals surface area (Å²) in [5, 5.41) is 6.46. The molecule has 0 bridgehead atoms. The van der Waals surface area contributed by atoms with Gasteiger partial charge >= 0.3 is 6.61 Å². The number of methoxy groups -OCH3 is 1. The molecule has 0 spiro atoms. The van der Waals surface area contributed by atoms with Gasteiger partial charge in [-0.15, -0.1) is 0 Å². The van der Waals surface area contributed by atoms with Gasteiger partial charge in [0.2, 0.25) is 5.91 Å². The Bertz CT molecular complexity index is 1070. The fourth-order valence-electron chi connectivity index (χ4n) is 3.74. The van der Waals surface area contributed by atoms with Gasteiger partial charge in [-0.25, -0.2) is 5.01 Å². The van der Waals surface area contributed by atoms with Crippen LogP contribution in [0.4, 0.5) is 8.78 Å². The zero-order valence-corrected chi connectivity index (χ0v) is 17.9. The number of ether oxygens (including phenoxy) is 2. The molecular weight excluding hydrogens is 444 g/mol. The molecule has 2 aromatic carbocycles. The van der Waals surface area contributed by atoms with Crippen LogP contribution in [-0.2, 0) is 4.79 Å². The number of benzene rings is 2. The van der Waals surface area contributed by atoms with Gasteiger partial charge in [-0.05, 0) is 30.3 Å². The molecular formula is C22H20ClF2N3O4. The van der Waals surface area contributed by atoms with Gasteiger partial charge in [0.05, 0.1) is 24.4 Å². The minimum Gasteiger partial charge on any atom is -0.496 e. The largest absolute Gasteiger partial charge is 0.496 e. The van der Waals surface area contributed by atoms with Gasteiger partial charge in [0, 0.05) is 36.5 Å². The number of hydrazone groups is 1. The van der Waals surface area contributed by atoms with Crippen molar-refractivity contribution in [3.8, 4) is 11.5 Å². The van der Waals surface area contributed by atoms with Crippen LogP contribution in [0.25, 0.3) is 0 Å². The first kappa shape index (κ1) is 22.0. The summed E-state index contributed by atoms with van der Waals surface area (Å²) in [5.41, 5.74) is 1.49. The Hall–Kier alpha value is -3.20. The van der Waals surface area contributed by atoms with Crippen molar-refractivity contribution in [2.45, 2.75) is 25.5 Å². The van der Waals surface area contributed by atoms with Gasteiger partial charge in [0.15, 0.2) is 0 Å². The second-order valence-electron chi connectivity index (χ2n) is 7.37. The van der Waals surface area contributed by atoms with E-state index in [-0.39, 0.29) is 42.8 Å². The summed E-state index contributed by atoms with van der Waals surface area (Å²) >= 11 is 6.03. The van der Waals surface area contributed by atoms with Crippen molar-refractivity contribution >= 4 is 29.1 Å². The number of carbonyl (C=O) groups is 2. The van der Waals surface area contributed by atoms with Gasteiger partial charge in [0.1, 0.15) is 11.5 Å². The van der Waals surface area contributed by atoms with Crippen LogP contribution in [-0.4, -0.2) is 60.3 Å². The second-order valence-corrected chi connectivity index (χ2v) is 7.80. The summed E-state index contributed by atoms with van der Waals surface area (Å²) in [6, 6.07) is 10.7. The van der Waals surface area contributed by atoms with Crippen molar-refractivity contribution in [2.75, 3.05) is 20.2 Å². The summed E-state index contributed by atoms with van der Waals surface area (Å²) in [4.78, 5) is 26.7. The predicted octanol–water partition coefficient (Wildman–Crippen LogP) is 3.80.